The van der Waals surface area contributed by atoms with E-state index in [0.29, 0.717) is 11.6 Å². The molecule has 3 nitrogen and oxygen atoms in total. The van der Waals surface area contributed by atoms with Crippen molar-refractivity contribution in [2.45, 2.75) is 26.7 Å². The Kier molecular flexibility index (Phi) is 3.44. The number of thiazole rings is 1. The molecule has 0 bridgehead atoms. The van der Waals surface area contributed by atoms with Gasteiger partial charge in [-0.2, -0.15) is 0 Å². The number of halogens is 1. The van der Waals surface area contributed by atoms with Crippen molar-refractivity contribution < 1.29 is 8.62 Å². The van der Waals surface area contributed by atoms with Crippen molar-refractivity contribution >= 4 is 33.6 Å². The molecule has 1 rings (SSSR count). The van der Waals surface area contributed by atoms with E-state index in [4.69, 9.17) is 0 Å². The van der Waals surface area contributed by atoms with Crippen LogP contribution in [0.1, 0.15) is 40.1 Å². The maximum Gasteiger partial charge on any atom is 0.369 e. The molecule has 0 aliphatic heterocycles. The van der Waals surface area contributed by atoms with Crippen LogP contribution in [0.15, 0.2) is 0 Å². The zero-order chi connectivity index (χ0) is 10.0. The molecular weight excluding hydrogens is 254 g/mol. The van der Waals surface area contributed by atoms with E-state index in [1.807, 2.05) is 20.8 Å². The van der Waals surface area contributed by atoms with Gasteiger partial charge in [0, 0.05) is 4.88 Å². The van der Waals surface area contributed by atoms with Crippen molar-refractivity contribution in [3.63, 3.8) is 0 Å². The van der Waals surface area contributed by atoms with Crippen LogP contribution in [0.3, 0.4) is 0 Å². The molecule has 0 aliphatic rings. The molecule has 1 heterocycles. The Bertz CT molecular complexity index is 322. The van der Waals surface area contributed by atoms with E-state index >= 15 is 0 Å². The number of hydrogen-bond donors (Lipinski definition) is 0. The number of aromatic nitrogens is 1. The topological polar surface area (TPSA) is 39.2 Å². The van der Waals surface area contributed by atoms with Crippen LogP contribution in [0.4, 0.5) is 0 Å². The molecule has 0 aromatic carbocycles. The lowest BCUT2D eigenvalue weighted by Gasteiger charge is -2.01. The van der Waals surface area contributed by atoms with Crippen molar-refractivity contribution in [1.29, 1.82) is 0 Å². The lowest BCUT2D eigenvalue weighted by molar-refractivity contribution is 0.0775. The molecule has 0 saturated heterocycles. The van der Waals surface area contributed by atoms with Crippen LogP contribution in [-0.4, -0.2) is 11.0 Å². The molecule has 0 atom stereocenters. The van der Waals surface area contributed by atoms with Crippen LogP contribution in [0.2, 0.25) is 0 Å². The highest BCUT2D eigenvalue weighted by molar-refractivity contribution is 9.06. The van der Waals surface area contributed by atoms with Gasteiger partial charge in [-0.15, -0.1) is 11.3 Å². The van der Waals surface area contributed by atoms with Crippen LogP contribution in [0.5, 0.6) is 0 Å². The lowest BCUT2D eigenvalue weighted by atomic mass is 10.1. The third kappa shape index (κ3) is 2.28. The first-order chi connectivity index (χ1) is 6.06. The smallest absolute Gasteiger partial charge is 0.369 e. The van der Waals surface area contributed by atoms with Gasteiger partial charge in [-0.1, -0.05) is 13.8 Å². The van der Waals surface area contributed by atoms with E-state index in [0.717, 1.165) is 9.88 Å². The number of hydrogen-bond acceptors (Lipinski definition) is 4. The van der Waals surface area contributed by atoms with E-state index in [1.54, 1.807) is 0 Å². The van der Waals surface area contributed by atoms with E-state index < -0.39 is 5.97 Å². The number of nitrogens with zero attached hydrogens (tertiary/aromatic N) is 1. The van der Waals surface area contributed by atoms with Gasteiger partial charge < -0.3 is 3.83 Å². The predicted molar refractivity (Wildman–Crippen MR) is 55.3 cm³/mol. The van der Waals surface area contributed by atoms with Gasteiger partial charge in [0.25, 0.3) is 0 Å². The molecular formula is C8H10BrNO2S. The van der Waals surface area contributed by atoms with Crippen LogP contribution in [0.25, 0.3) is 0 Å². The Hall–Kier alpha value is -0.420. The molecule has 0 unspecified atom stereocenters. The molecule has 0 fully saturated rings. The number of carbonyl (C=O) groups is 1. The van der Waals surface area contributed by atoms with Gasteiger partial charge in [-0.3, -0.25) is 0 Å². The fourth-order valence-corrected chi connectivity index (χ4v) is 2.09. The first-order valence-electron chi connectivity index (χ1n) is 3.86. The summed E-state index contributed by atoms with van der Waals surface area (Å²) >= 11 is 4.19. The van der Waals surface area contributed by atoms with Gasteiger partial charge in [-0.05, 0) is 12.8 Å². The minimum atomic E-state index is -0.423. The molecule has 0 aliphatic carbocycles. The van der Waals surface area contributed by atoms with Crippen LogP contribution in [0, 0.1) is 6.92 Å². The van der Waals surface area contributed by atoms with Crippen molar-refractivity contribution in [3.05, 3.63) is 15.6 Å². The molecule has 0 saturated carbocycles. The van der Waals surface area contributed by atoms with E-state index in [2.05, 4.69) is 25.1 Å². The summed E-state index contributed by atoms with van der Waals surface area (Å²) in [6.45, 7) is 5.93. The van der Waals surface area contributed by atoms with Crippen molar-refractivity contribution in [3.8, 4) is 0 Å². The molecule has 1 aromatic heterocycles. The first kappa shape index (κ1) is 10.7. The van der Waals surface area contributed by atoms with E-state index in [-0.39, 0.29) is 0 Å². The quantitative estimate of drug-likeness (QED) is 0.824. The number of rotatable bonds is 2. The standard InChI is InChI=1S/C8H10BrNO2S/c1-4(2)7-6(8(11)12-9)10-5(3)13-7/h4H,1-3H3. The van der Waals surface area contributed by atoms with Gasteiger partial charge >= 0.3 is 5.97 Å². The SMILES string of the molecule is Cc1nc(C(=O)OBr)c(C(C)C)s1. The molecule has 5 heteroatoms. The first-order valence-corrected chi connectivity index (χ1v) is 5.33. The zero-order valence-corrected chi connectivity index (χ0v) is 10.0. The minimum absolute atomic E-state index is 0.299. The maximum absolute atomic E-state index is 11.2. The normalized spacial score (nSPS) is 10.5. The Morgan fingerprint density at radius 1 is 1.62 bits per heavy atom. The van der Waals surface area contributed by atoms with Gasteiger partial charge in [0.1, 0.15) is 0 Å². The largest absolute Gasteiger partial charge is 0.379 e. The van der Waals surface area contributed by atoms with E-state index in [1.165, 1.54) is 11.3 Å². The highest BCUT2D eigenvalue weighted by Gasteiger charge is 2.19. The highest BCUT2D eigenvalue weighted by Crippen LogP contribution is 2.26. The predicted octanol–water partition coefficient (Wildman–Crippen LogP) is 3.04. The molecule has 1 aromatic rings. The Labute approximate surface area is 89.6 Å². The summed E-state index contributed by atoms with van der Waals surface area (Å²) in [7, 11) is 0. The summed E-state index contributed by atoms with van der Waals surface area (Å²) in [5.74, 6) is -0.124. The summed E-state index contributed by atoms with van der Waals surface area (Å²) in [6.07, 6.45) is 0. The average molecular weight is 264 g/mol. The van der Waals surface area contributed by atoms with Gasteiger partial charge in [0.2, 0.25) is 0 Å². The van der Waals surface area contributed by atoms with Crippen LogP contribution in [-0.2, 0) is 3.83 Å². The zero-order valence-electron chi connectivity index (χ0n) is 7.63. The van der Waals surface area contributed by atoms with Crippen LogP contribution >= 0.6 is 27.6 Å². The molecule has 0 amide bonds. The van der Waals surface area contributed by atoms with Crippen molar-refractivity contribution in [1.82, 2.24) is 4.98 Å². The van der Waals surface area contributed by atoms with Gasteiger partial charge in [0.15, 0.2) is 22.0 Å². The fourth-order valence-electron chi connectivity index (χ4n) is 1.02. The summed E-state index contributed by atoms with van der Waals surface area (Å²) < 4.78 is 4.46. The van der Waals surface area contributed by atoms with Crippen molar-refractivity contribution in [2.24, 2.45) is 0 Å². The second-order valence-electron chi connectivity index (χ2n) is 2.97. The average Bonchev–Trinajstić information content (AvgIpc) is 2.46. The molecule has 0 N–H and O–H groups in total. The van der Waals surface area contributed by atoms with Crippen LogP contribution < -0.4 is 0 Å². The second kappa shape index (κ2) is 4.19. The number of aryl methyl sites for hydroxylation is 1. The number of carbonyl (C=O) groups excluding carboxylic acids is 1. The monoisotopic (exact) mass is 263 g/mol. The molecule has 0 spiro atoms. The second-order valence-corrected chi connectivity index (χ2v) is 4.52. The molecule has 13 heavy (non-hydrogen) atoms. The molecule has 72 valence electrons. The maximum atomic E-state index is 11.2. The molecule has 0 radical (unpaired) electrons. The summed E-state index contributed by atoms with van der Waals surface area (Å²) in [6, 6.07) is 0. The Balaban J connectivity index is 3.11. The highest BCUT2D eigenvalue weighted by atomic mass is 79.9. The third-order valence-corrected chi connectivity index (χ3v) is 3.11. The third-order valence-electron chi connectivity index (χ3n) is 1.55. The Morgan fingerprint density at radius 3 is 2.69 bits per heavy atom. The summed E-state index contributed by atoms with van der Waals surface area (Å²) in [4.78, 5) is 16.3. The minimum Gasteiger partial charge on any atom is -0.379 e. The van der Waals surface area contributed by atoms with Crippen molar-refractivity contribution in [2.75, 3.05) is 0 Å². The lowest BCUT2D eigenvalue weighted by Crippen LogP contribution is -2.03. The van der Waals surface area contributed by atoms with Gasteiger partial charge in [0.05, 0.1) is 5.01 Å². The fraction of sp³-hybridized carbons (Fsp3) is 0.500. The summed E-state index contributed by atoms with van der Waals surface area (Å²) in [5, 5.41) is 0.886. The Morgan fingerprint density at radius 2 is 2.23 bits per heavy atom. The van der Waals surface area contributed by atoms with E-state index in [9.17, 15) is 4.79 Å². The van der Waals surface area contributed by atoms with Gasteiger partial charge in [-0.25, -0.2) is 9.78 Å². The summed E-state index contributed by atoms with van der Waals surface area (Å²) in [5.41, 5.74) is 0.425.